The van der Waals surface area contributed by atoms with Crippen LogP contribution in [0.2, 0.25) is 0 Å². The van der Waals surface area contributed by atoms with Crippen molar-refractivity contribution in [3.05, 3.63) is 23.8 Å². The first-order chi connectivity index (χ1) is 9.12. The lowest BCUT2D eigenvalue weighted by molar-refractivity contribution is 0.0697. The first-order valence-corrected chi connectivity index (χ1v) is 7.77. The maximum absolute atomic E-state index is 11.7. The van der Waals surface area contributed by atoms with Crippen LogP contribution in [0.4, 0.5) is 0 Å². The van der Waals surface area contributed by atoms with E-state index < -0.39 is 20.6 Å². The fourth-order valence-corrected chi connectivity index (χ4v) is 2.06. The third-order valence-corrected chi connectivity index (χ3v) is 5.43. The van der Waals surface area contributed by atoms with Crippen LogP contribution >= 0.6 is 0 Å². The molecule has 8 heteroatoms. The Labute approximate surface area is 116 Å². The van der Waals surface area contributed by atoms with Gasteiger partial charge in [-0.2, -0.15) is 0 Å². The molecule has 1 N–H and O–H groups in total. The maximum Gasteiger partial charge on any atom is 0.335 e. The van der Waals surface area contributed by atoms with Crippen molar-refractivity contribution in [1.82, 2.24) is 15.0 Å². The number of nitrogens with zero attached hydrogens (tertiary/aromatic N) is 3. The van der Waals surface area contributed by atoms with Crippen LogP contribution in [-0.2, 0) is 16.4 Å². The first-order valence-electron chi connectivity index (χ1n) is 5.88. The number of carbonyl (C=O) groups is 1. The van der Waals surface area contributed by atoms with Gasteiger partial charge in [0.2, 0.25) is 0 Å². The molecule has 108 valence electrons. The summed E-state index contributed by atoms with van der Waals surface area (Å²) in [6.45, 7) is 3.37. The summed E-state index contributed by atoms with van der Waals surface area (Å²) in [5.41, 5.74) is 1.15. The predicted octanol–water partition coefficient (Wildman–Crippen LogP) is 0.953. The van der Waals surface area contributed by atoms with Crippen LogP contribution in [0.1, 0.15) is 24.2 Å². The van der Waals surface area contributed by atoms with Gasteiger partial charge in [-0.05, 0) is 32.0 Å². The van der Waals surface area contributed by atoms with E-state index in [0.717, 1.165) is 0 Å². The molecule has 0 spiro atoms. The fraction of sp³-hybridized carbons (Fsp3) is 0.417. The molecule has 0 fully saturated rings. The summed E-state index contributed by atoms with van der Waals surface area (Å²) in [6.07, 6.45) is 1.18. The Balaban J connectivity index is 2.45. The molecule has 1 aromatic heterocycles. The molecule has 20 heavy (non-hydrogen) atoms. The van der Waals surface area contributed by atoms with Crippen LogP contribution in [0.5, 0.6) is 0 Å². The van der Waals surface area contributed by atoms with Crippen molar-refractivity contribution >= 4 is 26.8 Å². The standard InChI is InChI=1S/C12H15N3O4S/c1-12(2,20(3,18)19)7-15-10-5-4-8(11(16)17)6-9(10)13-14-15/h4-6H,7H2,1-3H3,(H,16,17). The number of aromatic nitrogens is 3. The number of hydrogen-bond acceptors (Lipinski definition) is 5. The van der Waals surface area contributed by atoms with E-state index in [4.69, 9.17) is 5.11 Å². The quantitative estimate of drug-likeness (QED) is 0.901. The molecule has 0 aliphatic rings. The van der Waals surface area contributed by atoms with Gasteiger partial charge in [-0.3, -0.25) is 0 Å². The van der Waals surface area contributed by atoms with E-state index in [0.29, 0.717) is 11.0 Å². The molecule has 0 saturated carbocycles. The minimum absolute atomic E-state index is 0.118. The Morgan fingerprint density at radius 3 is 2.60 bits per heavy atom. The molecule has 2 aromatic rings. The number of carboxylic acids is 1. The molecule has 0 unspecified atom stereocenters. The molecular weight excluding hydrogens is 282 g/mol. The Morgan fingerprint density at radius 1 is 1.40 bits per heavy atom. The zero-order valence-corrected chi connectivity index (χ0v) is 12.2. The number of fused-ring (bicyclic) bond motifs is 1. The first kappa shape index (κ1) is 14.4. The van der Waals surface area contributed by atoms with Gasteiger partial charge in [0.15, 0.2) is 9.84 Å². The lowest BCUT2D eigenvalue weighted by Crippen LogP contribution is -2.36. The van der Waals surface area contributed by atoms with Gasteiger partial charge in [0, 0.05) is 6.26 Å². The summed E-state index contributed by atoms with van der Waals surface area (Å²) < 4.78 is 23.9. The van der Waals surface area contributed by atoms with Crippen molar-refractivity contribution in [2.24, 2.45) is 0 Å². The lowest BCUT2D eigenvalue weighted by Gasteiger charge is -2.22. The molecule has 0 amide bonds. The van der Waals surface area contributed by atoms with Gasteiger partial charge in [-0.15, -0.1) is 5.10 Å². The summed E-state index contributed by atoms with van der Waals surface area (Å²) in [5.74, 6) is -1.04. The number of sulfone groups is 1. The van der Waals surface area contributed by atoms with Gasteiger partial charge in [-0.25, -0.2) is 17.9 Å². The van der Waals surface area contributed by atoms with Crippen LogP contribution in [0, 0.1) is 0 Å². The van der Waals surface area contributed by atoms with Crippen molar-refractivity contribution in [3.63, 3.8) is 0 Å². The van der Waals surface area contributed by atoms with Gasteiger partial charge in [0.25, 0.3) is 0 Å². The topological polar surface area (TPSA) is 102 Å². The van der Waals surface area contributed by atoms with Crippen LogP contribution < -0.4 is 0 Å². The lowest BCUT2D eigenvalue weighted by atomic mass is 10.2. The van der Waals surface area contributed by atoms with Crippen LogP contribution in [-0.4, -0.2) is 45.5 Å². The second-order valence-electron chi connectivity index (χ2n) is 5.29. The van der Waals surface area contributed by atoms with E-state index in [1.54, 1.807) is 19.9 Å². The predicted molar refractivity (Wildman–Crippen MR) is 73.4 cm³/mol. The van der Waals surface area contributed by atoms with Gasteiger partial charge in [-0.1, -0.05) is 5.21 Å². The Bertz CT molecular complexity index is 777. The van der Waals surface area contributed by atoms with Crippen molar-refractivity contribution in [2.75, 3.05) is 6.26 Å². The van der Waals surface area contributed by atoms with Crippen LogP contribution in [0.15, 0.2) is 18.2 Å². The molecule has 1 aromatic carbocycles. The smallest absolute Gasteiger partial charge is 0.335 e. The summed E-state index contributed by atoms with van der Waals surface area (Å²) in [6, 6.07) is 4.43. The number of rotatable bonds is 4. The molecule has 7 nitrogen and oxygen atoms in total. The largest absolute Gasteiger partial charge is 0.478 e. The number of benzene rings is 1. The maximum atomic E-state index is 11.7. The highest BCUT2D eigenvalue weighted by atomic mass is 32.2. The summed E-state index contributed by atoms with van der Waals surface area (Å²) in [5, 5.41) is 16.7. The minimum atomic E-state index is -3.25. The SMILES string of the molecule is CC(C)(Cn1nnc2cc(C(=O)O)ccc21)S(C)(=O)=O. The van der Waals surface area contributed by atoms with Gasteiger partial charge in [0.05, 0.1) is 22.4 Å². The summed E-state index contributed by atoms with van der Waals surface area (Å²) in [7, 11) is -3.25. The van der Waals surface area contributed by atoms with E-state index in [2.05, 4.69) is 10.3 Å². The molecular formula is C12H15N3O4S. The molecule has 1 heterocycles. The van der Waals surface area contributed by atoms with E-state index in [1.807, 2.05) is 0 Å². The van der Waals surface area contributed by atoms with E-state index in [1.165, 1.54) is 23.1 Å². The number of carboxylic acid groups (broad SMARTS) is 1. The fourth-order valence-electron chi connectivity index (χ4n) is 1.70. The zero-order valence-electron chi connectivity index (χ0n) is 11.4. The van der Waals surface area contributed by atoms with Gasteiger partial charge in [0.1, 0.15) is 5.52 Å². The monoisotopic (exact) mass is 297 g/mol. The Morgan fingerprint density at radius 2 is 2.05 bits per heavy atom. The summed E-state index contributed by atoms with van der Waals surface area (Å²) in [4.78, 5) is 10.9. The Hall–Kier alpha value is -1.96. The van der Waals surface area contributed by atoms with Crippen molar-refractivity contribution in [3.8, 4) is 0 Å². The number of aromatic carboxylic acids is 1. The van der Waals surface area contributed by atoms with E-state index >= 15 is 0 Å². The second kappa shape index (κ2) is 4.55. The average molecular weight is 297 g/mol. The van der Waals surface area contributed by atoms with Crippen molar-refractivity contribution in [1.29, 1.82) is 0 Å². The molecule has 2 rings (SSSR count). The van der Waals surface area contributed by atoms with Gasteiger partial charge < -0.3 is 5.11 Å². The molecule has 0 aliphatic heterocycles. The highest BCUT2D eigenvalue weighted by Crippen LogP contribution is 2.21. The van der Waals surface area contributed by atoms with Crippen LogP contribution in [0.25, 0.3) is 11.0 Å². The van der Waals surface area contributed by atoms with Crippen LogP contribution in [0.3, 0.4) is 0 Å². The molecule has 0 aliphatic carbocycles. The molecule has 0 atom stereocenters. The molecule has 0 bridgehead atoms. The zero-order chi connectivity index (χ0) is 15.1. The summed E-state index contributed by atoms with van der Waals surface area (Å²) >= 11 is 0. The van der Waals surface area contributed by atoms with E-state index in [-0.39, 0.29) is 12.1 Å². The molecule has 0 radical (unpaired) electrons. The third-order valence-electron chi connectivity index (χ3n) is 3.30. The van der Waals surface area contributed by atoms with Gasteiger partial charge >= 0.3 is 5.97 Å². The Kier molecular flexibility index (Phi) is 3.29. The van der Waals surface area contributed by atoms with Crippen molar-refractivity contribution in [2.45, 2.75) is 25.1 Å². The molecule has 0 saturated heterocycles. The minimum Gasteiger partial charge on any atom is -0.478 e. The van der Waals surface area contributed by atoms with E-state index in [9.17, 15) is 13.2 Å². The second-order valence-corrected chi connectivity index (χ2v) is 7.94. The highest BCUT2D eigenvalue weighted by Gasteiger charge is 2.31. The third kappa shape index (κ3) is 2.51. The highest BCUT2D eigenvalue weighted by molar-refractivity contribution is 7.92. The van der Waals surface area contributed by atoms with Crippen molar-refractivity contribution < 1.29 is 18.3 Å². The average Bonchev–Trinajstić information content (AvgIpc) is 2.69. The normalized spacial score (nSPS) is 12.8. The number of hydrogen-bond donors (Lipinski definition) is 1.